The third-order valence-electron chi connectivity index (χ3n) is 3.82. The van der Waals surface area contributed by atoms with Gasteiger partial charge in [0.1, 0.15) is 0 Å². The Morgan fingerprint density at radius 3 is 2.86 bits per heavy atom. The summed E-state index contributed by atoms with van der Waals surface area (Å²) in [4.78, 5) is 27.0. The molecule has 0 atom stereocenters. The largest absolute Gasteiger partial charge is 0.312 e. The summed E-state index contributed by atoms with van der Waals surface area (Å²) in [5.74, 6) is 0.146. The monoisotopic (exact) mass is 299 g/mol. The zero-order valence-electron chi connectivity index (χ0n) is 12.0. The van der Waals surface area contributed by atoms with Crippen molar-refractivity contribution in [2.24, 2.45) is 0 Å². The first-order valence-electron chi connectivity index (χ1n) is 7.12. The van der Waals surface area contributed by atoms with E-state index in [1.54, 1.807) is 18.3 Å². The molecule has 0 bridgehead atoms. The fourth-order valence-electron chi connectivity index (χ4n) is 2.71. The lowest BCUT2D eigenvalue weighted by Crippen LogP contribution is -2.36. The molecular formula is C17H17NO2S. The van der Waals surface area contributed by atoms with Crippen LogP contribution in [0.3, 0.4) is 0 Å². The van der Waals surface area contributed by atoms with E-state index in [4.69, 9.17) is 0 Å². The van der Waals surface area contributed by atoms with Gasteiger partial charge in [-0.15, -0.1) is 11.3 Å². The molecular weight excluding hydrogens is 282 g/mol. The molecule has 1 aromatic heterocycles. The zero-order chi connectivity index (χ0) is 14.8. The van der Waals surface area contributed by atoms with Crippen LogP contribution in [0.4, 0.5) is 5.69 Å². The van der Waals surface area contributed by atoms with Crippen LogP contribution in [0.15, 0.2) is 35.7 Å². The van der Waals surface area contributed by atoms with Gasteiger partial charge < -0.3 is 4.90 Å². The lowest BCUT2D eigenvalue weighted by molar-refractivity contribution is -0.118. The third-order valence-corrected chi connectivity index (χ3v) is 4.69. The molecule has 108 valence electrons. The first-order chi connectivity index (χ1) is 10.1. The maximum Gasteiger partial charge on any atom is 0.232 e. The van der Waals surface area contributed by atoms with Gasteiger partial charge in [0, 0.05) is 22.7 Å². The summed E-state index contributed by atoms with van der Waals surface area (Å²) >= 11 is 1.60. The maximum atomic E-state index is 12.6. The number of Topliss-reactive ketones (excluding diaryl/α,β-unsaturated/α-hetero) is 1. The highest BCUT2D eigenvalue weighted by Gasteiger charge is 2.23. The van der Waals surface area contributed by atoms with Gasteiger partial charge in [0.05, 0.1) is 6.42 Å². The van der Waals surface area contributed by atoms with Gasteiger partial charge in [-0.05, 0) is 42.8 Å². The maximum absolute atomic E-state index is 12.6. The van der Waals surface area contributed by atoms with Gasteiger partial charge >= 0.3 is 0 Å². The Morgan fingerprint density at radius 1 is 1.29 bits per heavy atom. The number of thiophene rings is 1. The Kier molecular flexibility index (Phi) is 3.88. The number of aryl methyl sites for hydroxylation is 1. The molecule has 2 aromatic rings. The molecule has 0 radical (unpaired) electrons. The predicted molar refractivity (Wildman–Crippen MR) is 85.1 cm³/mol. The molecule has 2 heterocycles. The Balaban J connectivity index is 1.90. The first kappa shape index (κ1) is 14.0. The summed E-state index contributed by atoms with van der Waals surface area (Å²) in [6, 6.07) is 9.65. The van der Waals surface area contributed by atoms with Gasteiger partial charge in [-0.1, -0.05) is 18.2 Å². The number of anilines is 1. The molecule has 0 aliphatic carbocycles. The molecule has 1 amide bonds. The average Bonchev–Trinajstić information content (AvgIpc) is 2.98. The lowest BCUT2D eigenvalue weighted by Gasteiger charge is -2.30. The molecule has 3 rings (SSSR count). The Bertz CT molecular complexity index is 676. The summed E-state index contributed by atoms with van der Waals surface area (Å²) < 4.78 is 0. The van der Waals surface area contributed by atoms with Crippen LogP contribution in [0.1, 0.15) is 34.1 Å². The van der Waals surface area contributed by atoms with Gasteiger partial charge in [0.25, 0.3) is 0 Å². The van der Waals surface area contributed by atoms with Crippen molar-refractivity contribution in [2.45, 2.75) is 26.2 Å². The molecule has 0 saturated heterocycles. The van der Waals surface area contributed by atoms with E-state index in [-0.39, 0.29) is 11.7 Å². The van der Waals surface area contributed by atoms with E-state index in [1.165, 1.54) is 0 Å². The van der Waals surface area contributed by atoms with Crippen LogP contribution >= 0.6 is 11.3 Å². The predicted octanol–water partition coefficient (Wildman–Crippen LogP) is 3.47. The molecule has 0 unspecified atom stereocenters. The minimum absolute atomic E-state index is 0.0361. The van der Waals surface area contributed by atoms with Crippen LogP contribution in [0.25, 0.3) is 0 Å². The minimum Gasteiger partial charge on any atom is -0.312 e. The highest BCUT2D eigenvalue weighted by Crippen LogP contribution is 2.29. The molecule has 1 aliphatic rings. The average molecular weight is 299 g/mol. The van der Waals surface area contributed by atoms with Crippen molar-refractivity contribution in [1.29, 1.82) is 0 Å². The Labute approximate surface area is 128 Å². The van der Waals surface area contributed by atoms with Gasteiger partial charge in [0.2, 0.25) is 5.91 Å². The molecule has 0 fully saturated rings. The van der Waals surface area contributed by atoms with E-state index in [0.29, 0.717) is 12.0 Å². The highest BCUT2D eigenvalue weighted by atomic mass is 32.1. The summed E-state index contributed by atoms with van der Waals surface area (Å²) in [6.45, 7) is 2.29. The van der Waals surface area contributed by atoms with Crippen molar-refractivity contribution in [3.8, 4) is 0 Å². The normalized spacial score (nSPS) is 13.9. The van der Waals surface area contributed by atoms with Crippen LogP contribution < -0.4 is 4.90 Å². The van der Waals surface area contributed by atoms with E-state index in [2.05, 4.69) is 0 Å². The number of ketones is 1. The minimum atomic E-state index is 0.0361. The molecule has 0 N–H and O–H groups in total. The summed E-state index contributed by atoms with van der Waals surface area (Å²) in [5.41, 5.74) is 2.74. The van der Waals surface area contributed by atoms with Gasteiger partial charge in [-0.3, -0.25) is 9.59 Å². The standard InChI is InChI=1S/C17H17NO2S/c1-12(19)14-7-6-13-4-2-8-18(16(13)10-14)17(20)11-15-5-3-9-21-15/h3,5-7,9-10H,2,4,8,11H2,1H3. The van der Waals surface area contributed by atoms with Crippen molar-refractivity contribution in [3.05, 3.63) is 51.7 Å². The molecule has 3 nitrogen and oxygen atoms in total. The van der Waals surface area contributed by atoms with Crippen molar-refractivity contribution in [1.82, 2.24) is 0 Å². The molecule has 21 heavy (non-hydrogen) atoms. The molecule has 1 aromatic carbocycles. The number of fused-ring (bicyclic) bond motifs is 1. The van der Waals surface area contributed by atoms with Crippen LogP contribution in [0, 0.1) is 0 Å². The number of rotatable bonds is 3. The van der Waals surface area contributed by atoms with Crippen molar-refractivity contribution in [2.75, 3.05) is 11.4 Å². The highest BCUT2D eigenvalue weighted by molar-refractivity contribution is 7.10. The van der Waals surface area contributed by atoms with E-state index in [1.807, 2.05) is 40.6 Å². The molecule has 1 aliphatic heterocycles. The number of carbonyl (C=O) groups is 2. The van der Waals surface area contributed by atoms with Crippen molar-refractivity contribution >= 4 is 28.7 Å². The van der Waals surface area contributed by atoms with Crippen LogP contribution in [0.2, 0.25) is 0 Å². The van der Waals surface area contributed by atoms with E-state index < -0.39 is 0 Å². The molecule has 0 saturated carbocycles. The van der Waals surface area contributed by atoms with Crippen LogP contribution in [-0.4, -0.2) is 18.2 Å². The van der Waals surface area contributed by atoms with E-state index >= 15 is 0 Å². The third kappa shape index (κ3) is 2.90. The smallest absolute Gasteiger partial charge is 0.232 e. The topological polar surface area (TPSA) is 37.4 Å². The van der Waals surface area contributed by atoms with Gasteiger partial charge in [-0.2, -0.15) is 0 Å². The second kappa shape index (κ2) is 5.82. The first-order valence-corrected chi connectivity index (χ1v) is 8.00. The SMILES string of the molecule is CC(=O)c1ccc2c(c1)N(C(=O)Cc1cccs1)CCC2. The van der Waals surface area contributed by atoms with Gasteiger partial charge in [-0.25, -0.2) is 0 Å². The van der Waals surface area contributed by atoms with Crippen molar-refractivity contribution in [3.63, 3.8) is 0 Å². The number of benzene rings is 1. The van der Waals surface area contributed by atoms with E-state index in [0.717, 1.165) is 35.5 Å². The molecule has 4 heteroatoms. The summed E-state index contributed by atoms with van der Waals surface area (Å²) in [5, 5.41) is 1.99. The summed E-state index contributed by atoms with van der Waals surface area (Å²) in [7, 11) is 0. The van der Waals surface area contributed by atoms with Crippen LogP contribution in [-0.2, 0) is 17.6 Å². The number of amides is 1. The summed E-state index contributed by atoms with van der Waals surface area (Å²) in [6.07, 6.45) is 2.38. The van der Waals surface area contributed by atoms with Crippen molar-refractivity contribution < 1.29 is 9.59 Å². The lowest BCUT2D eigenvalue weighted by atomic mass is 9.98. The Morgan fingerprint density at radius 2 is 2.14 bits per heavy atom. The second-order valence-corrected chi connectivity index (χ2v) is 6.34. The molecule has 0 spiro atoms. The van der Waals surface area contributed by atoms with Crippen LogP contribution in [0.5, 0.6) is 0 Å². The number of hydrogen-bond acceptors (Lipinski definition) is 3. The zero-order valence-corrected chi connectivity index (χ0v) is 12.8. The fourth-order valence-corrected chi connectivity index (χ4v) is 3.41. The van der Waals surface area contributed by atoms with E-state index in [9.17, 15) is 9.59 Å². The number of hydrogen-bond donors (Lipinski definition) is 0. The van der Waals surface area contributed by atoms with Gasteiger partial charge in [0.15, 0.2) is 5.78 Å². The number of nitrogens with zero attached hydrogens (tertiary/aromatic N) is 1. The Hall–Kier alpha value is -1.94. The fraction of sp³-hybridized carbons (Fsp3) is 0.294. The second-order valence-electron chi connectivity index (χ2n) is 5.30. The number of carbonyl (C=O) groups excluding carboxylic acids is 2. The quantitative estimate of drug-likeness (QED) is 0.814.